The summed E-state index contributed by atoms with van der Waals surface area (Å²) < 4.78 is 0. The summed E-state index contributed by atoms with van der Waals surface area (Å²) in [6.45, 7) is 3.81. The fourth-order valence-electron chi connectivity index (χ4n) is 2.10. The largest absolute Gasteiger partial charge is 0.308 e. The Morgan fingerprint density at radius 2 is 1.95 bits per heavy atom. The molecular weight excluding hydrogens is 236 g/mol. The van der Waals surface area contributed by atoms with Crippen LogP contribution in [-0.2, 0) is 13.1 Å². The van der Waals surface area contributed by atoms with Gasteiger partial charge in [-0.2, -0.15) is 0 Å². The number of nitrogens with one attached hydrogen (secondary N) is 1. The summed E-state index contributed by atoms with van der Waals surface area (Å²) in [6.07, 6.45) is 0. The summed E-state index contributed by atoms with van der Waals surface area (Å²) in [5, 5.41) is 0. The smallest absolute Gasteiger partial charge is 0.140 e. The molecule has 0 saturated heterocycles. The molecule has 0 bridgehead atoms. The molecule has 3 N–H and O–H groups in total. The molecule has 0 aliphatic heterocycles. The van der Waals surface area contributed by atoms with Crippen molar-refractivity contribution >= 4 is 5.82 Å². The van der Waals surface area contributed by atoms with E-state index in [0.717, 1.165) is 18.8 Å². The van der Waals surface area contributed by atoms with Crippen LogP contribution >= 0.6 is 0 Å². The van der Waals surface area contributed by atoms with Crippen LogP contribution in [0.3, 0.4) is 0 Å². The number of hydrogen-bond donors (Lipinski definition) is 2. The summed E-state index contributed by atoms with van der Waals surface area (Å²) in [5.41, 5.74) is 6.18. The maximum atomic E-state index is 5.36. The summed E-state index contributed by atoms with van der Waals surface area (Å²) in [7, 11) is 2.09. The predicted octanol–water partition coefficient (Wildman–Crippen LogP) is 2.31. The SMILES string of the molecule is Cc1cccc(CN(C)Cc2cccc(NN)n2)c1. The minimum Gasteiger partial charge on any atom is -0.308 e. The van der Waals surface area contributed by atoms with Gasteiger partial charge in [-0.25, -0.2) is 10.8 Å². The number of nitrogens with two attached hydrogens (primary N) is 1. The Morgan fingerprint density at radius 3 is 2.68 bits per heavy atom. The Morgan fingerprint density at radius 1 is 1.16 bits per heavy atom. The number of pyridine rings is 1. The van der Waals surface area contributed by atoms with Crippen LogP contribution in [-0.4, -0.2) is 16.9 Å². The first kappa shape index (κ1) is 13.5. The molecule has 0 aliphatic carbocycles. The summed E-state index contributed by atoms with van der Waals surface area (Å²) in [5.74, 6) is 6.06. The maximum absolute atomic E-state index is 5.36. The normalized spacial score (nSPS) is 10.7. The van der Waals surface area contributed by atoms with E-state index in [1.54, 1.807) is 0 Å². The first-order valence-corrected chi connectivity index (χ1v) is 6.34. The van der Waals surface area contributed by atoms with Gasteiger partial charge in [-0.1, -0.05) is 35.9 Å². The van der Waals surface area contributed by atoms with E-state index in [1.807, 2.05) is 18.2 Å². The van der Waals surface area contributed by atoms with Crippen LogP contribution in [0.15, 0.2) is 42.5 Å². The van der Waals surface area contributed by atoms with Crippen LogP contribution < -0.4 is 11.3 Å². The molecule has 0 spiro atoms. The van der Waals surface area contributed by atoms with E-state index in [9.17, 15) is 0 Å². The lowest BCUT2D eigenvalue weighted by atomic mass is 10.1. The van der Waals surface area contributed by atoms with Crippen LogP contribution in [0.1, 0.15) is 16.8 Å². The second-order valence-corrected chi connectivity index (χ2v) is 4.82. The third-order valence-corrected chi connectivity index (χ3v) is 2.92. The van der Waals surface area contributed by atoms with Crippen LogP contribution in [0.25, 0.3) is 0 Å². The van der Waals surface area contributed by atoms with Crippen LogP contribution in [0, 0.1) is 6.92 Å². The highest BCUT2D eigenvalue weighted by molar-refractivity contribution is 5.33. The van der Waals surface area contributed by atoms with Gasteiger partial charge in [0.1, 0.15) is 5.82 Å². The van der Waals surface area contributed by atoms with Crippen molar-refractivity contribution in [3.63, 3.8) is 0 Å². The van der Waals surface area contributed by atoms with Gasteiger partial charge in [0.2, 0.25) is 0 Å². The lowest BCUT2D eigenvalue weighted by molar-refractivity contribution is 0.315. The molecule has 100 valence electrons. The monoisotopic (exact) mass is 256 g/mol. The molecule has 1 heterocycles. The number of benzene rings is 1. The zero-order valence-electron chi connectivity index (χ0n) is 11.4. The quantitative estimate of drug-likeness (QED) is 0.636. The number of anilines is 1. The van der Waals surface area contributed by atoms with Crippen molar-refractivity contribution in [2.24, 2.45) is 5.84 Å². The molecule has 0 saturated carbocycles. The predicted molar refractivity (Wildman–Crippen MR) is 78.4 cm³/mol. The van der Waals surface area contributed by atoms with Crippen LogP contribution in [0.2, 0.25) is 0 Å². The molecule has 0 fully saturated rings. The third-order valence-electron chi connectivity index (χ3n) is 2.92. The second-order valence-electron chi connectivity index (χ2n) is 4.82. The van der Waals surface area contributed by atoms with E-state index in [-0.39, 0.29) is 0 Å². The Kier molecular flexibility index (Phi) is 4.49. The topological polar surface area (TPSA) is 54.2 Å². The highest BCUT2D eigenvalue weighted by Crippen LogP contribution is 2.10. The zero-order chi connectivity index (χ0) is 13.7. The minimum absolute atomic E-state index is 0.696. The number of nitrogens with zero attached hydrogens (tertiary/aromatic N) is 2. The van der Waals surface area contributed by atoms with Gasteiger partial charge in [0, 0.05) is 13.1 Å². The van der Waals surface area contributed by atoms with Crippen molar-refractivity contribution in [1.29, 1.82) is 0 Å². The Balaban J connectivity index is 1.98. The minimum atomic E-state index is 0.696. The highest BCUT2D eigenvalue weighted by atomic mass is 15.2. The summed E-state index contributed by atoms with van der Waals surface area (Å²) >= 11 is 0. The Hall–Kier alpha value is -1.91. The van der Waals surface area contributed by atoms with Gasteiger partial charge >= 0.3 is 0 Å². The molecule has 1 aromatic carbocycles. The van der Waals surface area contributed by atoms with E-state index < -0.39 is 0 Å². The number of aryl methyl sites for hydroxylation is 1. The van der Waals surface area contributed by atoms with Crippen molar-refractivity contribution in [2.45, 2.75) is 20.0 Å². The molecule has 2 aromatic rings. The molecule has 4 nitrogen and oxygen atoms in total. The fourth-order valence-corrected chi connectivity index (χ4v) is 2.10. The van der Waals surface area contributed by atoms with Gasteiger partial charge < -0.3 is 5.43 Å². The van der Waals surface area contributed by atoms with Gasteiger partial charge in [0.15, 0.2) is 0 Å². The number of nitrogen functional groups attached to an aromatic ring is 1. The Bertz CT molecular complexity index is 539. The van der Waals surface area contributed by atoms with Crippen molar-refractivity contribution in [3.8, 4) is 0 Å². The van der Waals surface area contributed by atoms with E-state index >= 15 is 0 Å². The molecule has 0 amide bonds. The number of rotatable bonds is 5. The van der Waals surface area contributed by atoms with Crippen LogP contribution in [0.5, 0.6) is 0 Å². The molecule has 4 heteroatoms. The van der Waals surface area contributed by atoms with Crippen LogP contribution in [0.4, 0.5) is 5.82 Å². The first-order valence-electron chi connectivity index (χ1n) is 6.34. The first-order chi connectivity index (χ1) is 9.17. The molecule has 0 radical (unpaired) electrons. The average molecular weight is 256 g/mol. The molecule has 1 aromatic heterocycles. The van der Waals surface area contributed by atoms with E-state index in [2.05, 4.69) is 53.5 Å². The summed E-state index contributed by atoms with van der Waals surface area (Å²) in [6, 6.07) is 14.4. The average Bonchev–Trinajstić information content (AvgIpc) is 2.38. The molecule has 0 unspecified atom stereocenters. The lowest BCUT2D eigenvalue weighted by Crippen LogP contribution is -2.18. The zero-order valence-corrected chi connectivity index (χ0v) is 11.4. The molecule has 0 aliphatic rings. The van der Waals surface area contributed by atoms with Crippen molar-refractivity contribution in [3.05, 3.63) is 59.3 Å². The van der Waals surface area contributed by atoms with Crippen molar-refractivity contribution in [1.82, 2.24) is 9.88 Å². The second kappa shape index (κ2) is 6.31. The van der Waals surface area contributed by atoms with Gasteiger partial charge in [0.05, 0.1) is 5.69 Å². The molecule has 2 rings (SSSR count). The van der Waals surface area contributed by atoms with Gasteiger partial charge in [-0.05, 0) is 31.7 Å². The van der Waals surface area contributed by atoms with Crippen molar-refractivity contribution < 1.29 is 0 Å². The molecule has 19 heavy (non-hydrogen) atoms. The van der Waals surface area contributed by atoms with Gasteiger partial charge in [-0.15, -0.1) is 0 Å². The highest BCUT2D eigenvalue weighted by Gasteiger charge is 2.03. The lowest BCUT2D eigenvalue weighted by Gasteiger charge is -2.17. The molecular formula is C15H20N4. The van der Waals surface area contributed by atoms with E-state index in [4.69, 9.17) is 5.84 Å². The van der Waals surface area contributed by atoms with E-state index in [1.165, 1.54) is 11.1 Å². The van der Waals surface area contributed by atoms with E-state index in [0.29, 0.717) is 5.82 Å². The summed E-state index contributed by atoms with van der Waals surface area (Å²) in [4.78, 5) is 6.65. The standard InChI is InChI=1S/C15H20N4/c1-12-5-3-6-13(9-12)10-19(2)11-14-7-4-8-15(17-14)18-16/h3-9H,10-11,16H2,1-2H3,(H,17,18). The number of hydrazine groups is 1. The van der Waals surface area contributed by atoms with Crippen molar-refractivity contribution in [2.75, 3.05) is 12.5 Å². The van der Waals surface area contributed by atoms with Gasteiger partial charge in [0.25, 0.3) is 0 Å². The number of aromatic nitrogens is 1. The fraction of sp³-hybridized carbons (Fsp3) is 0.267. The Labute approximate surface area is 114 Å². The number of hydrogen-bond acceptors (Lipinski definition) is 4. The molecule has 0 atom stereocenters. The van der Waals surface area contributed by atoms with Gasteiger partial charge in [-0.3, -0.25) is 4.90 Å². The third kappa shape index (κ3) is 4.05. The maximum Gasteiger partial charge on any atom is 0.140 e.